The Balaban J connectivity index is 2.32. The van der Waals surface area contributed by atoms with Gasteiger partial charge in [-0.2, -0.15) is 0 Å². The zero-order valence-corrected chi connectivity index (χ0v) is 7.81. The summed E-state index contributed by atoms with van der Waals surface area (Å²) in [6.45, 7) is 1.30. The number of nitrogens with zero attached hydrogens (tertiary/aromatic N) is 2. The number of aromatic nitrogens is 2. The molecule has 1 aromatic rings. The molecule has 1 atom stereocenters. The molecule has 5 nitrogen and oxygen atoms in total. The summed E-state index contributed by atoms with van der Waals surface area (Å²) in [6.07, 6.45) is 3.26. The summed E-state index contributed by atoms with van der Waals surface area (Å²) in [6, 6.07) is 0. The smallest absolute Gasteiger partial charge is 0.354 e. The molecule has 0 bridgehead atoms. The SMILES string of the molecule is NCC1CCc2ncc(C(=O)O)n2C1. The Labute approximate surface area is 81.5 Å². The third kappa shape index (κ3) is 1.39. The summed E-state index contributed by atoms with van der Waals surface area (Å²) in [7, 11) is 0. The second kappa shape index (κ2) is 3.42. The minimum absolute atomic E-state index is 0.276. The third-order valence-corrected chi connectivity index (χ3v) is 2.71. The van der Waals surface area contributed by atoms with Crippen LogP contribution in [0.15, 0.2) is 6.20 Å². The van der Waals surface area contributed by atoms with Gasteiger partial charge < -0.3 is 15.4 Å². The molecule has 1 aliphatic heterocycles. The molecule has 2 rings (SSSR count). The number of aryl methyl sites for hydroxylation is 1. The standard InChI is InChI=1S/C9H13N3O2/c10-3-6-1-2-8-11-4-7(9(13)14)12(8)5-6/h4,6H,1-3,5,10H2,(H,13,14). The van der Waals surface area contributed by atoms with E-state index in [0.717, 1.165) is 18.7 Å². The number of carboxylic acid groups (broad SMARTS) is 1. The zero-order valence-electron chi connectivity index (χ0n) is 7.81. The number of aromatic carboxylic acids is 1. The van der Waals surface area contributed by atoms with Crippen molar-refractivity contribution in [1.82, 2.24) is 9.55 Å². The van der Waals surface area contributed by atoms with Crippen LogP contribution in [0, 0.1) is 5.92 Å². The summed E-state index contributed by atoms with van der Waals surface area (Å²) in [5.41, 5.74) is 5.85. The van der Waals surface area contributed by atoms with Crippen LogP contribution in [-0.2, 0) is 13.0 Å². The number of rotatable bonds is 2. The minimum Gasteiger partial charge on any atom is -0.477 e. The van der Waals surface area contributed by atoms with Gasteiger partial charge in [-0.25, -0.2) is 9.78 Å². The number of hydrogen-bond donors (Lipinski definition) is 2. The highest BCUT2D eigenvalue weighted by atomic mass is 16.4. The van der Waals surface area contributed by atoms with Gasteiger partial charge in [0.1, 0.15) is 11.5 Å². The number of fused-ring (bicyclic) bond motifs is 1. The predicted octanol–water partition coefficient (Wildman–Crippen LogP) is 0.102. The van der Waals surface area contributed by atoms with E-state index in [1.165, 1.54) is 6.20 Å². The molecule has 1 aromatic heterocycles. The Morgan fingerprint density at radius 1 is 1.79 bits per heavy atom. The monoisotopic (exact) mass is 195 g/mol. The Kier molecular flexibility index (Phi) is 2.25. The predicted molar refractivity (Wildman–Crippen MR) is 50.1 cm³/mol. The molecule has 0 saturated carbocycles. The van der Waals surface area contributed by atoms with Crippen molar-refractivity contribution in [2.45, 2.75) is 19.4 Å². The Hall–Kier alpha value is -1.36. The molecule has 0 spiro atoms. The van der Waals surface area contributed by atoms with E-state index in [1.807, 2.05) is 0 Å². The Morgan fingerprint density at radius 3 is 3.21 bits per heavy atom. The molecule has 0 amide bonds. The van der Waals surface area contributed by atoms with Gasteiger partial charge in [0.15, 0.2) is 0 Å². The summed E-state index contributed by atoms with van der Waals surface area (Å²) in [5, 5.41) is 8.90. The quantitative estimate of drug-likeness (QED) is 0.701. The summed E-state index contributed by atoms with van der Waals surface area (Å²) >= 11 is 0. The van der Waals surface area contributed by atoms with Gasteiger partial charge in [0, 0.05) is 13.0 Å². The van der Waals surface area contributed by atoms with Crippen molar-refractivity contribution in [3.05, 3.63) is 17.7 Å². The van der Waals surface area contributed by atoms with Crippen LogP contribution in [0.2, 0.25) is 0 Å². The van der Waals surface area contributed by atoms with Crippen LogP contribution in [0.4, 0.5) is 0 Å². The molecule has 14 heavy (non-hydrogen) atoms. The first-order valence-corrected chi connectivity index (χ1v) is 4.70. The van der Waals surface area contributed by atoms with Crippen LogP contribution < -0.4 is 5.73 Å². The van der Waals surface area contributed by atoms with Crippen molar-refractivity contribution >= 4 is 5.97 Å². The van der Waals surface area contributed by atoms with Gasteiger partial charge in [-0.3, -0.25) is 0 Å². The molecule has 0 radical (unpaired) electrons. The lowest BCUT2D eigenvalue weighted by Crippen LogP contribution is -2.28. The van der Waals surface area contributed by atoms with Crippen LogP contribution in [-0.4, -0.2) is 27.2 Å². The number of imidazole rings is 1. The zero-order chi connectivity index (χ0) is 10.1. The van der Waals surface area contributed by atoms with Crippen molar-refractivity contribution in [1.29, 1.82) is 0 Å². The minimum atomic E-state index is -0.915. The van der Waals surface area contributed by atoms with Gasteiger partial charge in [0.05, 0.1) is 6.20 Å². The highest BCUT2D eigenvalue weighted by Crippen LogP contribution is 2.20. The van der Waals surface area contributed by atoms with Crippen LogP contribution >= 0.6 is 0 Å². The van der Waals surface area contributed by atoms with E-state index < -0.39 is 5.97 Å². The molecule has 5 heteroatoms. The lowest BCUT2D eigenvalue weighted by molar-refractivity contribution is 0.0682. The number of carboxylic acids is 1. The van der Waals surface area contributed by atoms with Gasteiger partial charge in [-0.1, -0.05) is 0 Å². The summed E-state index contributed by atoms with van der Waals surface area (Å²) in [5.74, 6) is 0.336. The molecule has 3 N–H and O–H groups in total. The fourth-order valence-corrected chi connectivity index (χ4v) is 1.86. The second-order valence-corrected chi connectivity index (χ2v) is 3.62. The van der Waals surface area contributed by atoms with Gasteiger partial charge in [0.2, 0.25) is 0 Å². The van der Waals surface area contributed by atoms with Crippen molar-refractivity contribution in [3.8, 4) is 0 Å². The van der Waals surface area contributed by atoms with E-state index in [4.69, 9.17) is 10.8 Å². The lowest BCUT2D eigenvalue weighted by Gasteiger charge is -2.23. The number of hydrogen-bond acceptors (Lipinski definition) is 3. The van der Waals surface area contributed by atoms with E-state index >= 15 is 0 Å². The second-order valence-electron chi connectivity index (χ2n) is 3.62. The average molecular weight is 195 g/mol. The van der Waals surface area contributed by atoms with Gasteiger partial charge in [0.25, 0.3) is 0 Å². The Morgan fingerprint density at radius 2 is 2.57 bits per heavy atom. The van der Waals surface area contributed by atoms with Crippen molar-refractivity contribution < 1.29 is 9.90 Å². The molecular formula is C9H13N3O2. The maximum atomic E-state index is 10.8. The molecule has 1 unspecified atom stereocenters. The topological polar surface area (TPSA) is 81.1 Å². The molecule has 0 saturated heterocycles. The first-order chi connectivity index (χ1) is 6.72. The first-order valence-electron chi connectivity index (χ1n) is 4.70. The molecular weight excluding hydrogens is 182 g/mol. The van der Waals surface area contributed by atoms with Crippen molar-refractivity contribution in [2.75, 3.05) is 6.54 Å². The molecule has 0 aromatic carbocycles. The summed E-state index contributed by atoms with van der Waals surface area (Å²) in [4.78, 5) is 14.9. The first kappa shape index (κ1) is 9.21. The average Bonchev–Trinajstić information content (AvgIpc) is 2.59. The van der Waals surface area contributed by atoms with Crippen molar-refractivity contribution in [2.24, 2.45) is 11.7 Å². The van der Waals surface area contributed by atoms with Gasteiger partial charge >= 0.3 is 5.97 Å². The number of carbonyl (C=O) groups is 1. The highest BCUT2D eigenvalue weighted by Gasteiger charge is 2.22. The summed E-state index contributed by atoms with van der Waals surface area (Å²) < 4.78 is 1.77. The van der Waals surface area contributed by atoms with Crippen LogP contribution in [0.1, 0.15) is 22.7 Å². The van der Waals surface area contributed by atoms with Gasteiger partial charge in [-0.05, 0) is 18.9 Å². The van der Waals surface area contributed by atoms with E-state index in [1.54, 1.807) is 4.57 Å². The van der Waals surface area contributed by atoms with Crippen molar-refractivity contribution in [3.63, 3.8) is 0 Å². The van der Waals surface area contributed by atoms with E-state index in [0.29, 0.717) is 19.0 Å². The van der Waals surface area contributed by atoms with E-state index in [2.05, 4.69) is 4.98 Å². The Bertz CT molecular complexity index is 359. The normalized spacial score (nSPS) is 20.5. The lowest BCUT2D eigenvalue weighted by atomic mass is 10.00. The van der Waals surface area contributed by atoms with Crippen LogP contribution in [0.5, 0.6) is 0 Å². The van der Waals surface area contributed by atoms with Crippen LogP contribution in [0.3, 0.4) is 0 Å². The molecule has 0 fully saturated rings. The van der Waals surface area contributed by atoms with Gasteiger partial charge in [-0.15, -0.1) is 0 Å². The van der Waals surface area contributed by atoms with E-state index in [9.17, 15) is 4.79 Å². The highest BCUT2D eigenvalue weighted by molar-refractivity contribution is 5.85. The molecule has 1 aliphatic rings. The third-order valence-electron chi connectivity index (χ3n) is 2.71. The fourth-order valence-electron chi connectivity index (χ4n) is 1.86. The molecule has 2 heterocycles. The molecule has 76 valence electrons. The van der Waals surface area contributed by atoms with Crippen LogP contribution in [0.25, 0.3) is 0 Å². The largest absolute Gasteiger partial charge is 0.477 e. The molecule has 0 aliphatic carbocycles. The maximum Gasteiger partial charge on any atom is 0.354 e. The van der Waals surface area contributed by atoms with E-state index in [-0.39, 0.29) is 5.69 Å². The maximum absolute atomic E-state index is 10.8. The fraction of sp³-hybridized carbons (Fsp3) is 0.556. The number of nitrogens with two attached hydrogens (primary N) is 1.